The second-order valence-electron chi connectivity index (χ2n) is 6.30. The molecule has 2 aromatic carbocycles. The third-order valence-electron chi connectivity index (χ3n) is 4.10. The first-order valence-electron chi connectivity index (χ1n) is 8.77. The molecule has 3 rings (SSSR count). The molecular formula is C19H15F5N4O4. The van der Waals surface area contributed by atoms with Crippen molar-refractivity contribution in [3.8, 4) is 22.8 Å². The van der Waals surface area contributed by atoms with Crippen LogP contribution in [0.2, 0.25) is 0 Å². The van der Waals surface area contributed by atoms with Gasteiger partial charge in [-0.25, -0.2) is 14.5 Å². The number of benzene rings is 2. The summed E-state index contributed by atoms with van der Waals surface area (Å²) in [6.45, 7) is -0.157. The summed E-state index contributed by atoms with van der Waals surface area (Å²) in [5.41, 5.74) is 1.26. The van der Waals surface area contributed by atoms with Crippen LogP contribution in [0.4, 0.5) is 32.4 Å². The number of rotatable bonds is 7. The van der Waals surface area contributed by atoms with E-state index in [1.807, 2.05) is 0 Å². The lowest BCUT2D eigenvalue weighted by atomic mass is 10.2. The Balaban J connectivity index is 1.75. The van der Waals surface area contributed by atoms with E-state index in [4.69, 9.17) is 4.74 Å². The molecule has 0 unspecified atom stereocenters. The Kier molecular flexibility index (Phi) is 6.30. The van der Waals surface area contributed by atoms with Crippen LogP contribution in [0.1, 0.15) is 0 Å². The molecule has 1 heterocycles. The molecule has 0 saturated heterocycles. The number of carboxylic acid groups (broad SMARTS) is 1. The average molecular weight is 458 g/mol. The van der Waals surface area contributed by atoms with E-state index in [-0.39, 0.29) is 12.6 Å². The SMILES string of the molecule is COCN(C(=O)O)c1ccc(-c2ncn(-c3ccc(OC(F)(F)C(F)(F)F)cc3)n2)cc1. The van der Waals surface area contributed by atoms with Crippen molar-refractivity contribution in [2.24, 2.45) is 0 Å². The van der Waals surface area contributed by atoms with Crippen molar-refractivity contribution in [2.75, 3.05) is 18.7 Å². The highest BCUT2D eigenvalue weighted by Gasteiger charge is 2.61. The van der Waals surface area contributed by atoms with Crippen LogP contribution in [0.15, 0.2) is 54.9 Å². The highest BCUT2D eigenvalue weighted by Crippen LogP contribution is 2.37. The lowest BCUT2D eigenvalue weighted by Gasteiger charge is -2.20. The molecule has 170 valence electrons. The molecule has 1 N–H and O–H groups in total. The molecule has 1 amide bonds. The summed E-state index contributed by atoms with van der Waals surface area (Å²) >= 11 is 0. The topological polar surface area (TPSA) is 89.7 Å². The first-order chi connectivity index (χ1) is 15.0. The fourth-order valence-electron chi connectivity index (χ4n) is 2.55. The number of methoxy groups -OCH3 is 1. The zero-order valence-corrected chi connectivity index (χ0v) is 16.3. The average Bonchev–Trinajstić information content (AvgIpc) is 3.22. The van der Waals surface area contributed by atoms with Gasteiger partial charge in [0.2, 0.25) is 0 Å². The van der Waals surface area contributed by atoms with Gasteiger partial charge in [0.15, 0.2) is 5.82 Å². The van der Waals surface area contributed by atoms with Crippen molar-refractivity contribution in [2.45, 2.75) is 12.3 Å². The zero-order valence-electron chi connectivity index (χ0n) is 16.3. The molecule has 0 spiro atoms. The Labute approximate surface area is 177 Å². The zero-order chi connectivity index (χ0) is 23.5. The molecule has 8 nitrogen and oxygen atoms in total. The molecule has 0 saturated carbocycles. The van der Waals surface area contributed by atoms with Crippen LogP contribution in [0, 0.1) is 0 Å². The van der Waals surface area contributed by atoms with E-state index in [9.17, 15) is 31.9 Å². The van der Waals surface area contributed by atoms with Gasteiger partial charge in [-0.3, -0.25) is 4.90 Å². The van der Waals surface area contributed by atoms with E-state index in [1.54, 1.807) is 12.1 Å². The van der Waals surface area contributed by atoms with Gasteiger partial charge in [0, 0.05) is 18.4 Å². The van der Waals surface area contributed by atoms with Gasteiger partial charge in [0.05, 0.1) is 5.69 Å². The number of hydrogen-bond donors (Lipinski definition) is 1. The number of anilines is 1. The second-order valence-corrected chi connectivity index (χ2v) is 6.30. The third-order valence-corrected chi connectivity index (χ3v) is 4.10. The summed E-state index contributed by atoms with van der Waals surface area (Å²) in [5, 5.41) is 13.4. The third kappa shape index (κ3) is 4.94. The van der Waals surface area contributed by atoms with Crippen molar-refractivity contribution < 1.29 is 41.3 Å². The van der Waals surface area contributed by atoms with Crippen LogP contribution in [0.5, 0.6) is 5.75 Å². The molecule has 0 aliphatic rings. The van der Waals surface area contributed by atoms with Gasteiger partial charge in [-0.2, -0.15) is 22.0 Å². The van der Waals surface area contributed by atoms with Crippen molar-refractivity contribution in [1.82, 2.24) is 14.8 Å². The summed E-state index contributed by atoms with van der Waals surface area (Å²) in [6.07, 6.45) is -11.0. The number of aromatic nitrogens is 3. The van der Waals surface area contributed by atoms with Gasteiger partial charge in [-0.05, 0) is 48.5 Å². The van der Waals surface area contributed by atoms with Crippen molar-refractivity contribution in [3.63, 3.8) is 0 Å². The number of nitrogens with zero attached hydrogens (tertiary/aromatic N) is 4. The summed E-state index contributed by atoms with van der Waals surface area (Å²) in [7, 11) is 1.36. The van der Waals surface area contributed by atoms with Gasteiger partial charge in [0.1, 0.15) is 18.8 Å². The van der Waals surface area contributed by atoms with Gasteiger partial charge in [0.25, 0.3) is 0 Å². The van der Waals surface area contributed by atoms with E-state index < -0.39 is 24.1 Å². The van der Waals surface area contributed by atoms with Gasteiger partial charge in [-0.1, -0.05) is 0 Å². The minimum Gasteiger partial charge on any atom is -0.465 e. The van der Waals surface area contributed by atoms with Crippen LogP contribution in [-0.4, -0.2) is 52.1 Å². The fraction of sp³-hybridized carbons (Fsp3) is 0.211. The second kappa shape index (κ2) is 8.78. The predicted octanol–water partition coefficient (Wildman–Crippen LogP) is 4.56. The van der Waals surface area contributed by atoms with E-state index in [0.717, 1.165) is 17.0 Å². The van der Waals surface area contributed by atoms with Crippen molar-refractivity contribution >= 4 is 11.8 Å². The minimum absolute atomic E-state index is 0.157. The molecule has 0 fully saturated rings. The number of hydrogen-bond acceptors (Lipinski definition) is 5. The number of alkyl halides is 5. The maximum atomic E-state index is 13.0. The lowest BCUT2D eigenvalue weighted by molar-refractivity contribution is -0.360. The Morgan fingerprint density at radius 1 is 1.06 bits per heavy atom. The van der Waals surface area contributed by atoms with E-state index in [1.165, 1.54) is 42.4 Å². The van der Waals surface area contributed by atoms with Crippen LogP contribution in [-0.2, 0) is 4.74 Å². The minimum atomic E-state index is -5.84. The summed E-state index contributed by atoms with van der Waals surface area (Å²) in [5.74, 6) is -0.403. The van der Waals surface area contributed by atoms with E-state index in [2.05, 4.69) is 14.8 Å². The van der Waals surface area contributed by atoms with Crippen molar-refractivity contribution in [1.29, 1.82) is 0 Å². The predicted molar refractivity (Wildman–Crippen MR) is 101 cm³/mol. The van der Waals surface area contributed by atoms with Crippen LogP contribution < -0.4 is 9.64 Å². The smallest absolute Gasteiger partial charge is 0.465 e. The fourth-order valence-corrected chi connectivity index (χ4v) is 2.55. The highest BCUT2D eigenvalue weighted by molar-refractivity contribution is 5.86. The Morgan fingerprint density at radius 2 is 1.69 bits per heavy atom. The Bertz CT molecular complexity index is 1070. The number of carbonyl (C=O) groups is 1. The summed E-state index contributed by atoms with van der Waals surface area (Å²) in [6, 6.07) is 10.6. The highest BCUT2D eigenvalue weighted by atomic mass is 19.4. The quantitative estimate of drug-likeness (QED) is 0.413. The number of amides is 1. The molecule has 0 aliphatic heterocycles. The largest absolute Gasteiger partial charge is 0.499 e. The van der Waals surface area contributed by atoms with Crippen molar-refractivity contribution in [3.05, 3.63) is 54.9 Å². The monoisotopic (exact) mass is 458 g/mol. The maximum Gasteiger partial charge on any atom is 0.499 e. The molecule has 0 bridgehead atoms. The standard InChI is InChI=1S/C19H15F5N4O4/c1-31-11-27(17(29)30)13-4-2-12(3-5-13)16-25-10-28(26-16)14-6-8-15(9-7-14)32-19(23,24)18(20,21)22/h2-10H,11H2,1H3,(H,29,30). The van der Waals surface area contributed by atoms with Crippen LogP contribution in [0.25, 0.3) is 17.1 Å². The molecule has 0 radical (unpaired) electrons. The Morgan fingerprint density at radius 3 is 2.22 bits per heavy atom. The molecule has 32 heavy (non-hydrogen) atoms. The van der Waals surface area contributed by atoms with E-state index >= 15 is 0 Å². The number of halogens is 5. The first-order valence-corrected chi connectivity index (χ1v) is 8.77. The van der Waals surface area contributed by atoms with Gasteiger partial charge >= 0.3 is 18.4 Å². The van der Waals surface area contributed by atoms with E-state index in [0.29, 0.717) is 16.9 Å². The molecular weight excluding hydrogens is 443 g/mol. The normalized spacial score (nSPS) is 11.9. The molecule has 0 atom stereocenters. The van der Waals surface area contributed by atoms with Crippen LogP contribution in [0.3, 0.4) is 0 Å². The summed E-state index contributed by atoms with van der Waals surface area (Å²) in [4.78, 5) is 16.4. The first kappa shape index (κ1) is 22.9. The maximum absolute atomic E-state index is 13.0. The van der Waals surface area contributed by atoms with Gasteiger partial charge in [-0.15, -0.1) is 5.10 Å². The number of ether oxygens (including phenoxy) is 2. The molecule has 0 aliphatic carbocycles. The molecule has 1 aromatic heterocycles. The Hall–Kier alpha value is -3.74. The lowest BCUT2D eigenvalue weighted by Crippen LogP contribution is -2.41. The van der Waals surface area contributed by atoms with Crippen LogP contribution >= 0.6 is 0 Å². The summed E-state index contributed by atoms with van der Waals surface area (Å²) < 4.78 is 72.5. The molecule has 3 aromatic rings. The molecule has 13 heteroatoms. The van der Waals surface area contributed by atoms with Gasteiger partial charge < -0.3 is 14.6 Å².